The second-order valence-corrected chi connectivity index (χ2v) is 6.60. The molecule has 2 atom stereocenters. The van der Waals surface area contributed by atoms with Crippen molar-refractivity contribution < 1.29 is 14.3 Å². The topological polar surface area (TPSA) is 112 Å². The van der Waals surface area contributed by atoms with Crippen LogP contribution in [0.5, 0.6) is 0 Å². The summed E-state index contributed by atoms with van der Waals surface area (Å²) >= 11 is 0. The molecule has 0 saturated carbocycles. The molecule has 26 heavy (non-hydrogen) atoms. The molecule has 1 amide bonds. The number of nitrogens with zero attached hydrogens (tertiary/aromatic N) is 1. The van der Waals surface area contributed by atoms with Crippen LogP contribution in [0.15, 0.2) is 35.1 Å². The lowest BCUT2D eigenvalue weighted by molar-refractivity contribution is -0.130. The summed E-state index contributed by atoms with van der Waals surface area (Å²) in [6.07, 6.45) is -1.12. The third-order valence-corrected chi connectivity index (χ3v) is 4.39. The molecule has 7 heteroatoms. The van der Waals surface area contributed by atoms with E-state index in [4.69, 9.17) is 4.74 Å². The van der Waals surface area contributed by atoms with Crippen LogP contribution in [0.2, 0.25) is 0 Å². The van der Waals surface area contributed by atoms with Crippen molar-refractivity contribution in [1.29, 1.82) is 5.26 Å². The number of hydrogen-bond donors (Lipinski definition) is 2. The molecule has 0 aliphatic heterocycles. The van der Waals surface area contributed by atoms with Crippen LogP contribution in [0.3, 0.4) is 0 Å². The number of ether oxygens (including phenoxy) is 1. The molecule has 1 aromatic carbocycles. The molecule has 0 unspecified atom stereocenters. The summed E-state index contributed by atoms with van der Waals surface area (Å²) in [5, 5.41) is 12.4. The first-order chi connectivity index (χ1) is 12.2. The van der Waals surface area contributed by atoms with Crippen molar-refractivity contribution in [1.82, 2.24) is 10.3 Å². The fourth-order valence-corrected chi connectivity index (χ4v) is 2.31. The lowest BCUT2D eigenvalue weighted by Crippen LogP contribution is -2.52. The summed E-state index contributed by atoms with van der Waals surface area (Å²) in [7, 11) is 0. The molecule has 0 radical (unpaired) electrons. The van der Waals surface area contributed by atoms with Crippen LogP contribution in [0.1, 0.15) is 38.1 Å². The molecule has 136 valence electrons. The number of fused-ring (bicyclic) bond motifs is 1. The maximum Gasteiger partial charge on any atom is 0.339 e. The summed E-state index contributed by atoms with van der Waals surface area (Å²) in [5.74, 6) is -1.49. The van der Waals surface area contributed by atoms with Crippen LogP contribution in [0.25, 0.3) is 10.9 Å². The van der Waals surface area contributed by atoms with Gasteiger partial charge in [-0.25, -0.2) is 4.79 Å². The Labute approximate surface area is 151 Å². The zero-order valence-corrected chi connectivity index (χ0v) is 15.1. The van der Waals surface area contributed by atoms with Crippen LogP contribution >= 0.6 is 0 Å². The monoisotopic (exact) mass is 355 g/mol. The number of amides is 1. The van der Waals surface area contributed by atoms with Gasteiger partial charge in [0.05, 0.1) is 11.6 Å². The van der Waals surface area contributed by atoms with Crippen LogP contribution in [-0.2, 0) is 9.53 Å². The average molecular weight is 355 g/mol. The van der Waals surface area contributed by atoms with Gasteiger partial charge in [0.25, 0.3) is 5.91 Å². The van der Waals surface area contributed by atoms with Crippen molar-refractivity contribution in [2.24, 2.45) is 5.92 Å². The predicted molar refractivity (Wildman–Crippen MR) is 96.4 cm³/mol. The van der Waals surface area contributed by atoms with Gasteiger partial charge in [0.15, 0.2) is 6.10 Å². The lowest BCUT2D eigenvalue weighted by atomic mass is 9.90. The Hall–Kier alpha value is -3.14. The number of para-hydroxylation sites is 1. The molecule has 2 N–H and O–H groups in total. The molecule has 0 saturated heterocycles. The number of benzene rings is 1. The first-order valence-corrected chi connectivity index (χ1v) is 8.24. The minimum atomic E-state index is -1.12. The maximum absolute atomic E-state index is 12.5. The maximum atomic E-state index is 12.5. The Balaban J connectivity index is 2.21. The van der Waals surface area contributed by atoms with E-state index in [0.717, 1.165) is 6.07 Å². The Morgan fingerprint density at radius 2 is 1.92 bits per heavy atom. The molecule has 2 rings (SSSR count). The quantitative estimate of drug-likeness (QED) is 0.798. The van der Waals surface area contributed by atoms with Crippen LogP contribution in [0.4, 0.5) is 0 Å². The number of H-pyrrole nitrogens is 1. The van der Waals surface area contributed by atoms with Crippen molar-refractivity contribution in [3.05, 3.63) is 46.2 Å². The number of carbonyl (C=O) groups is 2. The number of aromatic amines is 1. The molecule has 0 spiro atoms. The molecule has 1 aromatic heterocycles. The fourth-order valence-electron chi connectivity index (χ4n) is 2.31. The van der Waals surface area contributed by atoms with E-state index in [2.05, 4.69) is 16.4 Å². The van der Waals surface area contributed by atoms with E-state index in [0.29, 0.717) is 10.9 Å². The molecule has 1 heterocycles. The van der Waals surface area contributed by atoms with E-state index >= 15 is 0 Å². The summed E-state index contributed by atoms with van der Waals surface area (Å²) in [6, 6.07) is 10.0. The normalized spacial score (nSPS) is 14.3. The number of esters is 1. The highest BCUT2D eigenvalue weighted by Gasteiger charge is 2.32. The van der Waals surface area contributed by atoms with E-state index in [-0.39, 0.29) is 11.5 Å². The second kappa shape index (κ2) is 7.40. The molecule has 0 aliphatic rings. The minimum Gasteiger partial charge on any atom is -0.449 e. The number of hydrogen-bond acceptors (Lipinski definition) is 5. The smallest absolute Gasteiger partial charge is 0.339 e. The van der Waals surface area contributed by atoms with E-state index in [1.807, 2.05) is 13.8 Å². The van der Waals surface area contributed by atoms with Gasteiger partial charge in [-0.15, -0.1) is 0 Å². The van der Waals surface area contributed by atoms with Crippen molar-refractivity contribution in [2.45, 2.75) is 39.3 Å². The number of rotatable bonds is 5. The van der Waals surface area contributed by atoms with Crippen LogP contribution in [-0.4, -0.2) is 28.5 Å². The highest BCUT2D eigenvalue weighted by molar-refractivity contribution is 6.04. The summed E-state index contributed by atoms with van der Waals surface area (Å²) in [5.41, 5.74) is -0.935. The number of carbonyl (C=O) groups excluding carboxylic acids is 2. The summed E-state index contributed by atoms with van der Waals surface area (Å²) in [4.78, 5) is 39.2. The Morgan fingerprint density at radius 1 is 1.27 bits per heavy atom. The van der Waals surface area contributed by atoms with E-state index < -0.39 is 29.1 Å². The zero-order chi connectivity index (χ0) is 19.5. The first-order valence-electron chi connectivity index (χ1n) is 8.24. The number of nitriles is 1. The molecule has 0 fully saturated rings. The number of aromatic nitrogens is 1. The third-order valence-electron chi connectivity index (χ3n) is 4.39. The summed E-state index contributed by atoms with van der Waals surface area (Å²) < 4.78 is 5.22. The number of nitrogens with one attached hydrogen (secondary N) is 2. The second-order valence-electron chi connectivity index (χ2n) is 6.60. The largest absolute Gasteiger partial charge is 0.449 e. The third kappa shape index (κ3) is 3.91. The van der Waals surface area contributed by atoms with Gasteiger partial charge >= 0.3 is 5.97 Å². The van der Waals surface area contributed by atoms with Crippen molar-refractivity contribution in [2.75, 3.05) is 0 Å². The Morgan fingerprint density at radius 3 is 2.54 bits per heavy atom. The average Bonchev–Trinajstić information content (AvgIpc) is 2.60. The van der Waals surface area contributed by atoms with Gasteiger partial charge in [-0.3, -0.25) is 9.59 Å². The standard InChI is InChI=1S/C19H21N3O4/c1-11(2)19(4,10-20)22-17(24)12(3)26-18(25)14-9-16(23)21-15-8-6-5-7-13(14)15/h5-9,11-12H,1-4H3,(H,21,23)(H,22,24)/t12-,19-/m1/s1. The molecular formula is C19H21N3O4. The van der Waals surface area contributed by atoms with E-state index in [1.165, 1.54) is 6.92 Å². The predicted octanol–water partition coefficient (Wildman–Crippen LogP) is 2.13. The van der Waals surface area contributed by atoms with Gasteiger partial charge in [-0.05, 0) is 25.8 Å². The highest BCUT2D eigenvalue weighted by atomic mass is 16.5. The van der Waals surface area contributed by atoms with Crippen molar-refractivity contribution in [3.63, 3.8) is 0 Å². The van der Waals surface area contributed by atoms with Crippen molar-refractivity contribution >= 4 is 22.8 Å². The Bertz CT molecular complexity index is 942. The molecule has 7 nitrogen and oxygen atoms in total. The summed E-state index contributed by atoms with van der Waals surface area (Å²) in [6.45, 7) is 6.64. The zero-order valence-electron chi connectivity index (χ0n) is 15.1. The molecule has 0 aliphatic carbocycles. The van der Waals surface area contributed by atoms with Gasteiger partial charge < -0.3 is 15.0 Å². The molecule has 2 aromatic rings. The minimum absolute atomic E-state index is 0.0795. The van der Waals surface area contributed by atoms with Gasteiger partial charge in [-0.2, -0.15) is 5.26 Å². The van der Waals surface area contributed by atoms with Gasteiger partial charge in [0.1, 0.15) is 5.54 Å². The van der Waals surface area contributed by atoms with E-state index in [9.17, 15) is 19.6 Å². The SMILES string of the molecule is CC(C)[C@@](C)(C#N)NC(=O)[C@@H](C)OC(=O)c1cc(=O)[nH]c2ccccc12. The van der Waals surface area contributed by atoms with Gasteiger partial charge in [0.2, 0.25) is 5.56 Å². The molecule has 0 bridgehead atoms. The molecular weight excluding hydrogens is 334 g/mol. The fraction of sp³-hybridized carbons (Fsp3) is 0.368. The first kappa shape index (κ1) is 19.2. The van der Waals surface area contributed by atoms with E-state index in [1.54, 1.807) is 31.2 Å². The van der Waals surface area contributed by atoms with Gasteiger partial charge in [-0.1, -0.05) is 32.0 Å². The number of pyridine rings is 1. The van der Waals surface area contributed by atoms with Crippen LogP contribution < -0.4 is 10.9 Å². The Kier molecular flexibility index (Phi) is 5.46. The van der Waals surface area contributed by atoms with Gasteiger partial charge in [0, 0.05) is 17.0 Å². The van der Waals surface area contributed by atoms with Crippen LogP contribution in [0, 0.1) is 17.2 Å². The highest BCUT2D eigenvalue weighted by Crippen LogP contribution is 2.18. The lowest BCUT2D eigenvalue weighted by Gasteiger charge is -2.28. The van der Waals surface area contributed by atoms with Crippen molar-refractivity contribution in [3.8, 4) is 6.07 Å².